The third-order valence-electron chi connectivity index (χ3n) is 2.67. The summed E-state index contributed by atoms with van der Waals surface area (Å²) in [5.41, 5.74) is -1.01. The third-order valence-corrected chi connectivity index (χ3v) is 2.67. The van der Waals surface area contributed by atoms with E-state index >= 15 is 0 Å². The molecule has 1 amide bonds. The lowest BCUT2D eigenvalue weighted by Crippen LogP contribution is -2.48. The maximum absolute atomic E-state index is 11.9. The molecule has 1 aromatic rings. The first-order valence-electron chi connectivity index (χ1n) is 5.45. The van der Waals surface area contributed by atoms with Crippen molar-refractivity contribution in [3.8, 4) is 0 Å². The quantitative estimate of drug-likeness (QED) is 0.622. The number of aromatic amines is 1. The van der Waals surface area contributed by atoms with Gasteiger partial charge in [-0.15, -0.1) is 0 Å². The van der Waals surface area contributed by atoms with Gasteiger partial charge in [-0.05, 0) is 0 Å². The molecular formula is C10H14N4O3. The molecule has 2 N–H and O–H groups in total. The van der Waals surface area contributed by atoms with E-state index < -0.39 is 11.2 Å². The highest BCUT2D eigenvalue weighted by Gasteiger charge is 2.16. The molecule has 1 fully saturated rings. The van der Waals surface area contributed by atoms with Gasteiger partial charge in [0.1, 0.15) is 6.54 Å². The molecule has 0 spiro atoms. The van der Waals surface area contributed by atoms with Gasteiger partial charge >= 0.3 is 5.69 Å². The molecule has 0 aromatic carbocycles. The Morgan fingerprint density at radius 3 is 2.65 bits per heavy atom. The fourth-order valence-corrected chi connectivity index (χ4v) is 1.73. The second-order valence-electron chi connectivity index (χ2n) is 3.87. The number of amides is 1. The summed E-state index contributed by atoms with van der Waals surface area (Å²) in [5.74, 6) is -0.111. The van der Waals surface area contributed by atoms with Crippen molar-refractivity contribution in [2.75, 3.05) is 26.2 Å². The Kier molecular flexibility index (Phi) is 3.38. The topological polar surface area (TPSA) is 87.2 Å². The fourth-order valence-electron chi connectivity index (χ4n) is 1.73. The first kappa shape index (κ1) is 11.6. The van der Waals surface area contributed by atoms with Gasteiger partial charge in [0.15, 0.2) is 0 Å². The van der Waals surface area contributed by atoms with E-state index in [0.717, 1.165) is 13.1 Å². The molecular weight excluding hydrogens is 224 g/mol. The van der Waals surface area contributed by atoms with E-state index in [2.05, 4.69) is 10.3 Å². The van der Waals surface area contributed by atoms with Gasteiger partial charge in [-0.3, -0.25) is 19.1 Å². The van der Waals surface area contributed by atoms with Crippen LogP contribution in [0.15, 0.2) is 21.9 Å². The van der Waals surface area contributed by atoms with Crippen molar-refractivity contribution >= 4 is 5.91 Å². The van der Waals surface area contributed by atoms with Crippen LogP contribution in [0.25, 0.3) is 0 Å². The van der Waals surface area contributed by atoms with Gasteiger partial charge in [-0.1, -0.05) is 0 Å². The minimum absolute atomic E-state index is 0.0321. The van der Waals surface area contributed by atoms with E-state index in [4.69, 9.17) is 0 Å². The Morgan fingerprint density at radius 2 is 2.00 bits per heavy atom. The first-order valence-corrected chi connectivity index (χ1v) is 5.45. The molecule has 17 heavy (non-hydrogen) atoms. The van der Waals surface area contributed by atoms with Crippen LogP contribution in [0.3, 0.4) is 0 Å². The molecule has 1 aliphatic heterocycles. The van der Waals surface area contributed by atoms with Crippen molar-refractivity contribution in [3.05, 3.63) is 33.1 Å². The van der Waals surface area contributed by atoms with Crippen LogP contribution in [0.5, 0.6) is 0 Å². The lowest BCUT2D eigenvalue weighted by atomic mass is 10.3. The van der Waals surface area contributed by atoms with Crippen LogP contribution in [0.1, 0.15) is 0 Å². The highest BCUT2D eigenvalue weighted by Crippen LogP contribution is 1.94. The standard InChI is InChI=1S/C10H14N4O3/c15-8-1-4-14(10(17)12-8)7-9(16)13-5-2-11-3-6-13/h1,4,11H,2-3,5-7H2,(H,12,15,17). The van der Waals surface area contributed by atoms with Crippen LogP contribution in [0.4, 0.5) is 0 Å². The third kappa shape index (κ3) is 2.82. The molecule has 0 saturated carbocycles. The van der Waals surface area contributed by atoms with Crippen LogP contribution < -0.4 is 16.6 Å². The molecule has 0 unspecified atom stereocenters. The van der Waals surface area contributed by atoms with E-state index in [1.54, 1.807) is 4.90 Å². The number of hydrogen-bond donors (Lipinski definition) is 2. The molecule has 1 saturated heterocycles. The maximum atomic E-state index is 11.9. The number of nitrogens with zero attached hydrogens (tertiary/aromatic N) is 2. The average molecular weight is 238 g/mol. The van der Waals surface area contributed by atoms with Gasteiger partial charge < -0.3 is 10.2 Å². The van der Waals surface area contributed by atoms with Crippen molar-refractivity contribution in [2.45, 2.75) is 6.54 Å². The Labute approximate surface area is 97.1 Å². The van der Waals surface area contributed by atoms with Gasteiger partial charge in [0, 0.05) is 38.4 Å². The molecule has 7 nitrogen and oxygen atoms in total. The Bertz CT molecular complexity index is 513. The molecule has 1 aromatic heterocycles. The van der Waals surface area contributed by atoms with Gasteiger partial charge in [-0.2, -0.15) is 0 Å². The second-order valence-corrected chi connectivity index (χ2v) is 3.87. The van der Waals surface area contributed by atoms with Gasteiger partial charge in [0.05, 0.1) is 0 Å². The van der Waals surface area contributed by atoms with Crippen LogP contribution in [-0.2, 0) is 11.3 Å². The molecule has 92 valence electrons. The Hall–Kier alpha value is -1.89. The summed E-state index contributed by atoms with van der Waals surface area (Å²) in [6.45, 7) is 2.81. The molecule has 0 bridgehead atoms. The first-order chi connectivity index (χ1) is 8.16. The number of aromatic nitrogens is 2. The van der Waals surface area contributed by atoms with Crippen molar-refractivity contribution in [3.63, 3.8) is 0 Å². The van der Waals surface area contributed by atoms with Crippen molar-refractivity contribution in [2.24, 2.45) is 0 Å². The Balaban J connectivity index is 2.07. The number of H-pyrrole nitrogens is 1. The molecule has 0 atom stereocenters. The summed E-state index contributed by atoms with van der Waals surface area (Å²) in [4.78, 5) is 37.9. The molecule has 2 rings (SSSR count). The van der Waals surface area contributed by atoms with Crippen LogP contribution in [0, 0.1) is 0 Å². The molecule has 7 heteroatoms. The van der Waals surface area contributed by atoms with Crippen LogP contribution in [0.2, 0.25) is 0 Å². The summed E-state index contributed by atoms with van der Waals surface area (Å²) in [6.07, 6.45) is 1.33. The van der Waals surface area contributed by atoms with Crippen LogP contribution >= 0.6 is 0 Å². The van der Waals surface area contributed by atoms with Crippen LogP contribution in [-0.4, -0.2) is 46.5 Å². The summed E-state index contributed by atoms with van der Waals surface area (Å²) in [6, 6.07) is 1.23. The number of nitrogens with one attached hydrogen (secondary N) is 2. The summed E-state index contributed by atoms with van der Waals surface area (Å²) >= 11 is 0. The summed E-state index contributed by atoms with van der Waals surface area (Å²) < 4.78 is 1.20. The molecule has 2 heterocycles. The number of piperazine rings is 1. The second kappa shape index (κ2) is 4.96. The zero-order valence-corrected chi connectivity index (χ0v) is 9.31. The average Bonchev–Trinajstić information content (AvgIpc) is 2.34. The SMILES string of the molecule is O=C(Cn1ccc(=O)[nH]c1=O)N1CCNCC1. The Morgan fingerprint density at radius 1 is 1.29 bits per heavy atom. The smallest absolute Gasteiger partial charge is 0.328 e. The van der Waals surface area contributed by atoms with Gasteiger partial charge in [0.2, 0.25) is 5.91 Å². The highest BCUT2D eigenvalue weighted by atomic mass is 16.2. The van der Waals surface area contributed by atoms with Crippen molar-refractivity contribution in [1.82, 2.24) is 19.8 Å². The number of hydrogen-bond acceptors (Lipinski definition) is 4. The maximum Gasteiger partial charge on any atom is 0.328 e. The monoisotopic (exact) mass is 238 g/mol. The van der Waals surface area contributed by atoms with Gasteiger partial charge in [-0.25, -0.2) is 4.79 Å². The predicted octanol–water partition coefficient (Wildman–Crippen LogP) is -2.03. The minimum atomic E-state index is -0.555. The van der Waals surface area contributed by atoms with E-state index in [-0.39, 0.29) is 12.5 Å². The predicted molar refractivity (Wildman–Crippen MR) is 60.8 cm³/mol. The highest BCUT2D eigenvalue weighted by molar-refractivity contribution is 5.76. The van der Waals surface area contributed by atoms with E-state index in [0.29, 0.717) is 13.1 Å². The molecule has 0 radical (unpaired) electrons. The summed E-state index contributed by atoms with van der Waals surface area (Å²) in [7, 11) is 0. The minimum Gasteiger partial charge on any atom is -0.339 e. The molecule has 1 aliphatic rings. The number of carbonyl (C=O) groups excluding carboxylic acids is 1. The lowest BCUT2D eigenvalue weighted by molar-refractivity contribution is -0.132. The zero-order valence-electron chi connectivity index (χ0n) is 9.31. The normalized spacial score (nSPS) is 15.9. The molecule has 0 aliphatic carbocycles. The van der Waals surface area contributed by atoms with Crippen molar-refractivity contribution < 1.29 is 4.79 Å². The van der Waals surface area contributed by atoms with E-state index in [9.17, 15) is 14.4 Å². The fraction of sp³-hybridized carbons (Fsp3) is 0.500. The largest absolute Gasteiger partial charge is 0.339 e. The zero-order chi connectivity index (χ0) is 12.3. The van der Waals surface area contributed by atoms with Crippen molar-refractivity contribution in [1.29, 1.82) is 0 Å². The number of rotatable bonds is 2. The number of carbonyl (C=O) groups is 1. The summed E-state index contributed by atoms with van der Waals surface area (Å²) in [5, 5.41) is 3.14. The van der Waals surface area contributed by atoms with Gasteiger partial charge in [0.25, 0.3) is 5.56 Å². The van der Waals surface area contributed by atoms with E-state index in [1.807, 2.05) is 0 Å². The van der Waals surface area contributed by atoms with E-state index in [1.165, 1.54) is 16.8 Å². The lowest BCUT2D eigenvalue weighted by Gasteiger charge is -2.27.